The second-order valence-electron chi connectivity index (χ2n) is 4.09. The number of carbonyl (C=O) groups is 1. The molecule has 1 heterocycles. The number of hydrogen-bond acceptors (Lipinski definition) is 3. The Labute approximate surface area is 106 Å². The molecule has 0 unspecified atom stereocenters. The smallest absolute Gasteiger partial charge is 0.170 e. The maximum atomic E-state index is 11.7. The molecule has 94 valence electrons. The molecule has 0 bridgehead atoms. The van der Waals surface area contributed by atoms with Crippen LogP contribution < -0.4 is 4.74 Å². The first kappa shape index (κ1) is 12.4. The van der Waals surface area contributed by atoms with Crippen LogP contribution in [0.1, 0.15) is 12.1 Å². The lowest BCUT2D eigenvalue weighted by molar-refractivity contribution is -0.121. The van der Waals surface area contributed by atoms with E-state index >= 15 is 0 Å². The molecule has 0 saturated heterocycles. The number of Topliss-reactive ketones (excluding diaryl/α,β-unsaturated/α-hetero) is 1. The molecule has 1 aromatic carbocycles. The van der Waals surface area contributed by atoms with Gasteiger partial charge in [-0.3, -0.25) is 9.48 Å². The van der Waals surface area contributed by atoms with Gasteiger partial charge in [0.1, 0.15) is 12.4 Å². The van der Waals surface area contributed by atoms with Gasteiger partial charge in [-0.05, 0) is 24.6 Å². The zero-order valence-corrected chi connectivity index (χ0v) is 10.4. The Kier molecular flexibility index (Phi) is 4.12. The molecule has 0 aliphatic heterocycles. The molecule has 0 N–H and O–H groups in total. The Hall–Kier alpha value is -2.10. The number of carbonyl (C=O) groups excluding carboxylic acids is 1. The van der Waals surface area contributed by atoms with Crippen LogP contribution in [0.5, 0.6) is 5.75 Å². The SMILES string of the molecule is Cn1nccc1CCC(=O)COc1ccccc1. The van der Waals surface area contributed by atoms with Crippen molar-refractivity contribution in [1.82, 2.24) is 9.78 Å². The molecule has 4 heteroatoms. The first-order chi connectivity index (χ1) is 8.75. The monoisotopic (exact) mass is 244 g/mol. The van der Waals surface area contributed by atoms with E-state index in [0.29, 0.717) is 12.8 Å². The molecule has 1 aromatic heterocycles. The fourth-order valence-electron chi connectivity index (χ4n) is 1.67. The zero-order chi connectivity index (χ0) is 12.8. The van der Waals surface area contributed by atoms with E-state index in [1.54, 1.807) is 10.9 Å². The van der Waals surface area contributed by atoms with E-state index in [1.165, 1.54) is 0 Å². The van der Waals surface area contributed by atoms with Gasteiger partial charge in [-0.25, -0.2) is 0 Å². The number of nitrogens with zero attached hydrogens (tertiary/aromatic N) is 2. The Morgan fingerprint density at radius 2 is 2.06 bits per heavy atom. The topological polar surface area (TPSA) is 44.1 Å². The summed E-state index contributed by atoms with van der Waals surface area (Å²) in [6.45, 7) is 0.127. The molecule has 4 nitrogen and oxygen atoms in total. The van der Waals surface area contributed by atoms with Crippen molar-refractivity contribution in [1.29, 1.82) is 0 Å². The molecule has 0 aliphatic rings. The highest BCUT2D eigenvalue weighted by atomic mass is 16.5. The molecule has 0 aliphatic carbocycles. The van der Waals surface area contributed by atoms with Crippen LogP contribution in [0, 0.1) is 0 Å². The number of aromatic nitrogens is 2. The van der Waals surface area contributed by atoms with Gasteiger partial charge >= 0.3 is 0 Å². The lowest BCUT2D eigenvalue weighted by atomic mass is 10.2. The third-order valence-electron chi connectivity index (χ3n) is 2.73. The van der Waals surface area contributed by atoms with Gasteiger partial charge in [0.15, 0.2) is 5.78 Å². The van der Waals surface area contributed by atoms with Crippen LogP contribution in [0.4, 0.5) is 0 Å². The van der Waals surface area contributed by atoms with Gasteiger partial charge in [-0.1, -0.05) is 18.2 Å². The van der Waals surface area contributed by atoms with Crippen molar-refractivity contribution in [3.8, 4) is 5.75 Å². The summed E-state index contributed by atoms with van der Waals surface area (Å²) < 4.78 is 7.18. The van der Waals surface area contributed by atoms with Gasteiger partial charge in [0, 0.05) is 25.4 Å². The van der Waals surface area contributed by atoms with E-state index in [4.69, 9.17) is 4.74 Å². The molecule has 0 fully saturated rings. The normalized spacial score (nSPS) is 10.3. The third kappa shape index (κ3) is 3.45. The fraction of sp³-hybridized carbons (Fsp3) is 0.286. The summed E-state index contributed by atoms with van der Waals surface area (Å²) in [4.78, 5) is 11.7. The van der Waals surface area contributed by atoms with Crippen LogP contribution in [0.2, 0.25) is 0 Å². The summed E-state index contributed by atoms with van der Waals surface area (Å²) >= 11 is 0. The number of ketones is 1. The Bertz CT molecular complexity index is 506. The maximum absolute atomic E-state index is 11.7. The average molecular weight is 244 g/mol. The second kappa shape index (κ2) is 6.00. The van der Waals surface area contributed by atoms with E-state index < -0.39 is 0 Å². The van der Waals surface area contributed by atoms with E-state index in [0.717, 1.165) is 11.4 Å². The average Bonchev–Trinajstić information content (AvgIpc) is 2.81. The molecule has 0 radical (unpaired) electrons. The van der Waals surface area contributed by atoms with Gasteiger partial charge in [0.25, 0.3) is 0 Å². The molecule has 2 aromatic rings. The van der Waals surface area contributed by atoms with Crippen LogP contribution in [0.3, 0.4) is 0 Å². The van der Waals surface area contributed by atoms with Crippen LogP contribution in [-0.4, -0.2) is 22.2 Å². The largest absolute Gasteiger partial charge is 0.486 e. The Balaban J connectivity index is 1.75. The number of rotatable bonds is 6. The molecule has 2 rings (SSSR count). The predicted octanol–water partition coefficient (Wildman–Crippen LogP) is 2.00. The van der Waals surface area contributed by atoms with E-state index in [9.17, 15) is 4.79 Å². The number of ether oxygens (including phenoxy) is 1. The van der Waals surface area contributed by atoms with Gasteiger partial charge in [0.2, 0.25) is 0 Å². The molecular weight excluding hydrogens is 228 g/mol. The van der Waals surface area contributed by atoms with Crippen molar-refractivity contribution in [3.63, 3.8) is 0 Å². The van der Waals surface area contributed by atoms with Crippen molar-refractivity contribution in [2.24, 2.45) is 7.05 Å². The van der Waals surface area contributed by atoms with E-state index in [-0.39, 0.29) is 12.4 Å². The summed E-state index contributed by atoms with van der Waals surface area (Å²) in [5, 5.41) is 4.06. The summed E-state index contributed by atoms with van der Waals surface area (Å²) in [7, 11) is 1.88. The first-order valence-electron chi connectivity index (χ1n) is 5.92. The number of hydrogen-bond donors (Lipinski definition) is 0. The minimum Gasteiger partial charge on any atom is -0.486 e. The lowest BCUT2D eigenvalue weighted by Gasteiger charge is -2.05. The minimum absolute atomic E-state index is 0.0973. The van der Waals surface area contributed by atoms with Crippen molar-refractivity contribution >= 4 is 5.78 Å². The second-order valence-corrected chi connectivity index (χ2v) is 4.09. The van der Waals surface area contributed by atoms with Crippen LogP contribution in [-0.2, 0) is 18.3 Å². The van der Waals surface area contributed by atoms with Crippen molar-refractivity contribution < 1.29 is 9.53 Å². The molecule has 0 saturated carbocycles. The van der Waals surface area contributed by atoms with Gasteiger partial charge in [-0.2, -0.15) is 5.10 Å². The third-order valence-corrected chi connectivity index (χ3v) is 2.73. The Morgan fingerprint density at radius 1 is 1.28 bits per heavy atom. The van der Waals surface area contributed by atoms with Crippen LogP contribution >= 0.6 is 0 Å². The lowest BCUT2D eigenvalue weighted by Crippen LogP contribution is -2.12. The summed E-state index contributed by atoms with van der Waals surface area (Å²) in [6.07, 6.45) is 2.92. The van der Waals surface area contributed by atoms with Crippen LogP contribution in [0.15, 0.2) is 42.6 Å². The fourth-order valence-corrected chi connectivity index (χ4v) is 1.67. The van der Waals surface area contributed by atoms with Crippen molar-refractivity contribution in [3.05, 3.63) is 48.3 Å². The van der Waals surface area contributed by atoms with Crippen molar-refractivity contribution in [2.75, 3.05) is 6.61 Å². The highest BCUT2D eigenvalue weighted by Gasteiger charge is 2.06. The van der Waals surface area contributed by atoms with Crippen LogP contribution in [0.25, 0.3) is 0 Å². The molecule has 0 atom stereocenters. The minimum atomic E-state index is 0.0973. The maximum Gasteiger partial charge on any atom is 0.170 e. The molecule has 18 heavy (non-hydrogen) atoms. The Morgan fingerprint density at radius 3 is 2.72 bits per heavy atom. The quantitative estimate of drug-likeness (QED) is 0.780. The molecule has 0 spiro atoms. The first-order valence-corrected chi connectivity index (χ1v) is 5.92. The number of aryl methyl sites for hydroxylation is 2. The summed E-state index contributed by atoms with van der Waals surface area (Å²) in [5.41, 5.74) is 1.06. The molecular formula is C14H16N2O2. The zero-order valence-electron chi connectivity index (χ0n) is 10.4. The van der Waals surface area contributed by atoms with Gasteiger partial charge < -0.3 is 4.74 Å². The standard InChI is InChI=1S/C14H16N2O2/c1-16-12(9-10-15-16)7-8-13(17)11-18-14-5-3-2-4-6-14/h2-6,9-10H,7-8,11H2,1H3. The number of benzene rings is 1. The van der Waals surface area contributed by atoms with E-state index in [1.807, 2.05) is 43.4 Å². The summed E-state index contributed by atoms with van der Waals surface area (Å²) in [5.74, 6) is 0.825. The highest BCUT2D eigenvalue weighted by Crippen LogP contribution is 2.08. The predicted molar refractivity (Wildman–Crippen MR) is 68.5 cm³/mol. The van der Waals surface area contributed by atoms with Gasteiger partial charge in [0.05, 0.1) is 0 Å². The summed E-state index contributed by atoms with van der Waals surface area (Å²) in [6, 6.07) is 11.3. The highest BCUT2D eigenvalue weighted by molar-refractivity contribution is 5.80. The number of para-hydroxylation sites is 1. The van der Waals surface area contributed by atoms with Crippen molar-refractivity contribution in [2.45, 2.75) is 12.8 Å². The van der Waals surface area contributed by atoms with E-state index in [2.05, 4.69) is 5.10 Å². The molecule has 0 amide bonds. The van der Waals surface area contributed by atoms with Gasteiger partial charge in [-0.15, -0.1) is 0 Å².